The number of hydrogen-bond donors (Lipinski definition) is 1. The predicted molar refractivity (Wildman–Crippen MR) is 61.7 cm³/mol. The van der Waals surface area contributed by atoms with Gasteiger partial charge < -0.3 is 5.11 Å². The molecule has 2 nitrogen and oxygen atoms in total. The fourth-order valence-corrected chi connectivity index (χ4v) is 1.70. The zero-order valence-corrected chi connectivity index (χ0v) is 11.0. The second-order valence-corrected chi connectivity index (χ2v) is 3.35. The topological polar surface area (TPSA) is 37.3 Å². The van der Waals surface area contributed by atoms with E-state index in [4.69, 9.17) is 16.7 Å². The van der Waals surface area contributed by atoms with Crippen LogP contribution in [-0.4, -0.2) is 30.9 Å². The summed E-state index contributed by atoms with van der Waals surface area (Å²) in [7, 11) is 0. The smallest absolute Gasteiger partial charge is 0.336 e. The molecule has 0 saturated heterocycles. The van der Waals surface area contributed by atoms with E-state index in [1.54, 1.807) is 30.3 Å². The summed E-state index contributed by atoms with van der Waals surface area (Å²) in [4.78, 5) is 10.9. The summed E-state index contributed by atoms with van der Waals surface area (Å²) in [5, 5.41) is 11.0. The molecule has 73 valence electrons. The van der Waals surface area contributed by atoms with E-state index in [0.29, 0.717) is 10.4 Å². The molecule has 4 heteroatoms. The summed E-state index contributed by atoms with van der Waals surface area (Å²) < 4.78 is 0. The molecule has 2 rings (SSSR count). The monoisotopic (exact) mass is 275 g/mol. The molecular weight excluding hydrogens is 269 g/mol. The number of carboxylic acid groups (broad SMARTS) is 1. The van der Waals surface area contributed by atoms with Crippen molar-refractivity contribution in [1.29, 1.82) is 0 Å². The first-order valence-corrected chi connectivity index (χ1v) is 4.48. The van der Waals surface area contributed by atoms with Crippen molar-refractivity contribution in [1.82, 2.24) is 0 Å². The Bertz CT molecular complexity index is 511. The molecule has 0 unspecified atom stereocenters. The number of carboxylic acids is 1. The van der Waals surface area contributed by atoms with E-state index in [0.717, 1.165) is 5.39 Å². The van der Waals surface area contributed by atoms with Crippen LogP contribution in [0.5, 0.6) is 0 Å². The van der Waals surface area contributed by atoms with Crippen molar-refractivity contribution in [3.8, 4) is 0 Å². The van der Waals surface area contributed by atoms with Crippen LogP contribution in [0.25, 0.3) is 10.8 Å². The van der Waals surface area contributed by atoms with Gasteiger partial charge in [-0.15, -0.1) is 0 Å². The molecular formula is C11H7ClGaO2. The number of aromatic carboxylic acids is 1. The fraction of sp³-hybridized carbons (Fsp3) is 0. The van der Waals surface area contributed by atoms with Crippen molar-refractivity contribution < 1.29 is 9.90 Å². The molecule has 0 bridgehead atoms. The number of benzene rings is 2. The van der Waals surface area contributed by atoms with E-state index in [2.05, 4.69) is 0 Å². The molecule has 0 amide bonds. The van der Waals surface area contributed by atoms with Gasteiger partial charge in [-0.25, -0.2) is 4.79 Å². The van der Waals surface area contributed by atoms with Crippen molar-refractivity contribution in [2.24, 2.45) is 0 Å². The molecule has 2 aromatic rings. The average molecular weight is 276 g/mol. The Morgan fingerprint density at radius 3 is 2.33 bits per heavy atom. The number of rotatable bonds is 1. The number of carbonyl (C=O) groups is 1. The minimum atomic E-state index is -0.933. The van der Waals surface area contributed by atoms with Crippen molar-refractivity contribution in [2.45, 2.75) is 0 Å². The Morgan fingerprint density at radius 1 is 1.07 bits per heavy atom. The molecule has 0 fully saturated rings. The Balaban J connectivity index is 0.00000112. The summed E-state index contributed by atoms with van der Waals surface area (Å²) in [6, 6.07) is 10.3. The number of halogens is 1. The second kappa shape index (κ2) is 4.74. The first-order chi connectivity index (χ1) is 6.70. The van der Waals surface area contributed by atoms with Crippen LogP contribution in [0.4, 0.5) is 0 Å². The normalized spacial score (nSPS) is 9.67. The van der Waals surface area contributed by atoms with Gasteiger partial charge in [-0.2, -0.15) is 0 Å². The van der Waals surface area contributed by atoms with Gasteiger partial charge in [-0.3, -0.25) is 0 Å². The van der Waals surface area contributed by atoms with Gasteiger partial charge in [0, 0.05) is 30.2 Å². The Morgan fingerprint density at radius 2 is 1.67 bits per heavy atom. The summed E-state index contributed by atoms with van der Waals surface area (Å²) in [6.45, 7) is 0. The molecule has 0 aliphatic carbocycles. The van der Waals surface area contributed by atoms with E-state index < -0.39 is 5.97 Å². The summed E-state index contributed by atoms with van der Waals surface area (Å²) >= 11 is 5.94. The van der Waals surface area contributed by atoms with Gasteiger partial charge in [0.25, 0.3) is 0 Å². The van der Waals surface area contributed by atoms with Crippen molar-refractivity contribution in [2.75, 3.05) is 0 Å². The van der Waals surface area contributed by atoms with E-state index in [9.17, 15) is 4.79 Å². The molecule has 0 spiro atoms. The van der Waals surface area contributed by atoms with Crippen molar-refractivity contribution in [3.63, 3.8) is 0 Å². The first-order valence-electron chi connectivity index (χ1n) is 4.10. The van der Waals surface area contributed by atoms with Gasteiger partial charge >= 0.3 is 5.97 Å². The zero-order valence-electron chi connectivity index (χ0n) is 7.77. The number of hydrogen-bond acceptors (Lipinski definition) is 1. The maximum absolute atomic E-state index is 10.9. The minimum Gasteiger partial charge on any atom is -0.478 e. The quantitative estimate of drug-likeness (QED) is 0.813. The van der Waals surface area contributed by atoms with Crippen LogP contribution in [0.3, 0.4) is 0 Å². The van der Waals surface area contributed by atoms with Gasteiger partial charge in [0.2, 0.25) is 0 Å². The molecule has 15 heavy (non-hydrogen) atoms. The van der Waals surface area contributed by atoms with Crippen LogP contribution in [-0.2, 0) is 0 Å². The molecule has 0 saturated carbocycles. The molecule has 0 aliphatic heterocycles. The predicted octanol–water partition coefficient (Wildman–Crippen LogP) is 2.81. The number of fused-ring (bicyclic) bond motifs is 1. The molecule has 0 atom stereocenters. The van der Waals surface area contributed by atoms with Crippen molar-refractivity contribution in [3.05, 3.63) is 47.0 Å². The van der Waals surface area contributed by atoms with Gasteiger partial charge in [-0.1, -0.05) is 35.9 Å². The van der Waals surface area contributed by atoms with Crippen LogP contribution in [0.2, 0.25) is 5.02 Å². The third-order valence-corrected chi connectivity index (χ3v) is 2.43. The molecule has 3 radical (unpaired) electrons. The fourth-order valence-electron chi connectivity index (χ4n) is 1.46. The Hall–Kier alpha value is -0.904. The van der Waals surface area contributed by atoms with Crippen LogP contribution >= 0.6 is 11.6 Å². The van der Waals surface area contributed by atoms with Crippen LogP contribution < -0.4 is 0 Å². The van der Waals surface area contributed by atoms with Crippen LogP contribution in [0.15, 0.2) is 36.4 Å². The van der Waals surface area contributed by atoms with E-state index in [1.165, 1.54) is 0 Å². The van der Waals surface area contributed by atoms with Crippen molar-refractivity contribution >= 4 is 48.1 Å². The van der Waals surface area contributed by atoms with Gasteiger partial charge in [0.15, 0.2) is 0 Å². The van der Waals surface area contributed by atoms with Crippen LogP contribution in [0.1, 0.15) is 10.4 Å². The summed E-state index contributed by atoms with van der Waals surface area (Å²) in [6.07, 6.45) is 0. The molecule has 0 aliphatic rings. The standard InChI is InChI=1S/C11H7ClO2.Ga/c12-10-6-2-3-7-8(10)4-1-5-9(7)11(13)14;/h1-6H,(H,13,14);. The molecule has 0 aromatic heterocycles. The Kier molecular flexibility index (Phi) is 3.85. The molecule has 0 heterocycles. The third-order valence-electron chi connectivity index (χ3n) is 2.10. The largest absolute Gasteiger partial charge is 0.478 e. The van der Waals surface area contributed by atoms with E-state index >= 15 is 0 Å². The SMILES string of the molecule is O=C(O)c1cccc2c(Cl)cccc12.[Ga]. The van der Waals surface area contributed by atoms with Gasteiger partial charge in [0.05, 0.1) is 5.56 Å². The summed E-state index contributed by atoms with van der Waals surface area (Å²) in [5.41, 5.74) is 0.282. The Labute approximate surface area is 105 Å². The van der Waals surface area contributed by atoms with Crippen LogP contribution in [0, 0.1) is 0 Å². The summed E-state index contributed by atoms with van der Waals surface area (Å²) in [5.74, 6) is -0.933. The zero-order chi connectivity index (χ0) is 10.1. The minimum absolute atomic E-state index is 0. The third kappa shape index (κ3) is 2.20. The van der Waals surface area contributed by atoms with E-state index in [-0.39, 0.29) is 25.4 Å². The maximum Gasteiger partial charge on any atom is 0.336 e. The first kappa shape index (κ1) is 12.2. The molecule has 1 N–H and O–H groups in total. The van der Waals surface area contributed by atoms with E-state index in [1.807, 2.05) is 6.07 Å². The van der Waals surface area contributed by atoms with Gasteiger partial charge in [-0.05, 0) is 17.5 Å². The maximum atomic E-state index is 10.9. The second-order valence-electron chi connectivity index (χ2n) is 2.95. The average Bonchev–Trinajstić information content (AvgIpc) is 2.17. The molecule has 2 aromatic carbocycles. The van der Waals surface area contributed by atoms with Gasteiger partial charge in [0.1, 0.15) is 0 Å².